The lowest BCUT2D eigenvalue weighted by molar-refractivity contribution is -0.136. The van der Waals surface area contributed by atoms with E-state index in [-0.39, 0.29) is 18.0 Å². The summed E-state index contributed by atoms with van der Waals surface area (Å²) in [5, 5.41) is 10.7. The van der Waals surface area contributed by atoms with Crippen molar-refractivity contribution in [1.29, 1.82) is 0 Å². The number of hydrogen-bond donors (Lipinski definition) is 2. The smallest absolute Gasteiger partial charge is 0.273 e. The van der Waals surface area contributed by atoms with Gasteiger partial charge in [-0.3, -0.25) is 9.59 Å². The molecular weight excluding hydrogens is 368 g/mol. The molecule has 0 spiro atoms. The van der Waals surface area contributed by atoms with Gasteiger partial charge in [0.15, 0.2) is 5.69 Å². The fourth-order valence-corrected chi connectivity index (χ4v) is 5.60. The molecule has 3 saturated heterocycles. The van der Waals surface area contributed by atoms with Gasteiger partial charge in [0, 0.05) is 49.1 Å². The molecule has 1 aromatic heterocycles. The Morgan fingerprint density at radius 3 is 2.62 bits per heavy atom. The van der Waals surface area contributed by atoms with Crippen LogP contribution in [-0.4, -0.2) is 52.6 Å². The lowest BCUT2D eigenvalue weighted by atomic mass is 9.88. The van der Waals surface area contributed by atoms with Crippen molar-refractivity contribution in [2.45, 2.75) is 94.8 Å². The molecule has 158 valence electrons. The Morgan fingerprint density at radius 2 is 1.93 bits per heavy atom. The van der Waals surface area contributed by atoms with E-state index in [4.69, 9.17) is 4.52 Å². The molecule has 1 saturated carbocycles. The Morgan fingerprint density at radius 1 is 1.17 bits per heavy atom. The summed E-state index contributed by atoms with van der Waals surface area (Å²) in [6.45, 7) is 2.82. The van der Waals surface area contributed by atoms with Gasteiger partial charge in [-0.05, 0) is 64.2 Å². The number of fused-ring (bicyclic) bond motifs is 2. The largest absolute Gasteiger partial charge is 0.360 e. The Kier molecular flexibility index (Phi) is 5.10. The predicted octanol–water partition coefficient (Wildman–Crippen LogP) is 2.58. The zero-order valence-corrected chi connectivity index (χ0v) is 17.2. The van der Waals surface area contributed by atoms with E-state index in [2.05, 4.69) is 22.7 Å². The van der Waals surface area contributed by atoms with Gasteiger partial charge < -0.3 is 20.1 Å². The maximum absolute atomic E-state index is 12.9. The number of amides is 2. The third kappa shape index (κ3) is 4.20. The second kappa shape index (κ2) is 7.74. The maximum Gasteiger partial charge on any atom is 0.273 e. The lowest BCUT2D eigenvalue weighted by Crippen LogP contribution is -2.51. The molecule has 0 aromatic carbocycles. The van der Waals surface area contributed by atoms with E-state index in [1.165, 1.54) is 12.8 Å². The molecule has 5 rings (SSSR count). The van der Waals surface area contributed by atoms with Crippen molar-refractivity contribution in [3.05, 3.63) is 17.5 Å². The molecule has 4 fully saturated rings. The van der Waals surface area contributed by atoms with Gasteiger partial charge in [-0.2, -0.15) is 0 Å². The van der Waals surface area contributed by atoms with Crippen LogP contribution in [0.2, 0.25) is 0 Å². The van der Waals surface area contributed by atoms with Crippen LogP contribution in [0.1, 0.15) is 86.9 Å². The minimum Gasteiger partial charge on any atom is -0.360 e. The van der Waals surface area contributed by atoms with Crippen molar-refractivity contribution in [3.8, 4) is 0 Å². The molecule has 3 aliphatic heterocycles. The molecule has 1 aliphatic carbocycles. The summed E-state index contributed by atoms with van der Waals surface area (Å²) >= 11 is 0. The van der Waals surface area contributed by atoms with Crippen molar-refractivity contribution in [1.82, 2.24) is 20.7 Å². The summed E-state index contributed by atoms with van der Waals surface area (Å²) in [6, 6.07) is 3.27. The molecular formula is C22H32N4O3. The highest BCUT2D eigenvalue weighted by Gasteiger charge is 2.37. The van der Waals surface area contributed by atoms with E-state index in [9.17, 15) is 9.59 Å². The zero-order chi connectivity index (χ0) is 20.0. The van der Waals surface area contributed by atoms with Crippen molar-refractivity contribution < 1.29 is 14.1 Å². The van der Waals surface area contributed by atoms with Gasteiger partial charge in [0.2, 0.25) is 5.91 Å². The monoisotopic (exact) mass is 400 g/mol. The standard InChI is InChI=1S/C22H32N4O3/c1-13-8-18(24-22(28)19-12-20(29-25-19)15-2-3-15)6-7-26(13)21(27)11-14-9-16-4-5-17(10-14)23-16/h12-18,23H,2-11H2,1H3,(H,24,28)/t13-,14?,16?,17?,18?/m0/s1. The first kappa shape index (κ1) is 19.1. The first-order valence-corrected chi connectivity index (χ1v) is 11.4. The van der Waals surface area contributed by atoms with Crippen LogP contribution in [0.3, 0.4) is 0 Å². The summed E-state index contributed by atoms with van der Waals surface area (Å²) in [6.07, 6.45) is 9.34. The number of piperidine rings is 2. The van der Waals surface area contributed by atoms with E-state index < -0.39 is 0 Å². The molecule has 2 bridgehead atoms. The van der Waals surface area contributed by atoms with Crippen molar-refractivity contribution in [2.75, 3.05) is 6.54 Å². The van der Waals surface area contributed by atoms with Gasteiger partial charge in [0.25, 0.3) is 5.91 Å². The number of nitrogens with one attached hydrogen (secondary N) is 2. The molecule has 7 nitrogen and oxygen atoms in total. The Hall–Kier alpha value is -1.89. The quantitative estimate of drug-likeness (QED) is 0.793. The van der Waals surface area contributed by atoms with Crippen LogP contribution in [-0.2, 0) is 4.79 Å². The van der Waals surface area contributed by atoms with E-state index >= 15 is 0 Å². The van der Waals surface area contributed by atoms with Crippen LogP contribution in [0.4, 0.5) is 0 Å². The summed E-state index contributed by atoms with van der Waals surface area (Å²) < 4.78 is 5.29. The summed E-state index contributed by atoms with van der Waals surface area (Å²) in [5.41, 5.74) is 0.374. The molecule has 7 heteroatoms. The normalized spacial score (nSPS) is 34.2. The molecule has 3 unspecified atom stereocenters. The topological polar surface area (TPSA) is 87.5 Å². The van der Waals surface area contributed by atoms with E-state index in [1.807, 2.05) is 4.90 Å². The predicted molar refractivity (Wildman–Crippen MR) is 107 cm³/mol. The molecule has 2 N–H and O–H groups in total. The summed E-state index contributed by atoms with van der Waals surface area (Å²) in [5.74, 6) is 1.93. The van der Waals surface area contributed by atoms with E-state index in [0.29, 0.717) is 41.9 Å². The molecule has 1 aromatic rings. The van der Waals surface area contributed by atoms with Crippen LogP contribution < -0.4 is 10.6 Å². The second-order valence-corrected chi connectivity index (χ2v) is 9.70. The third-order valence-corrected chi connectivity index (χ3v) is 7.31. The fourth-order valence-electron chi connectivity index (χ4n) is 5.60. The zero-order valence-electron chi connectivity index (χ0n) is 17.2. The minimum absolute atomic E-state index is 0.0809. The summed E-state index contributed by atoms with van der Waals surface area (Å²) in [7, 11) is 0. The Bertz CT molecular complexity index is 762. The van der Waals surface area contributed by atoms with Gasteiger partial charge in [-0.25, -0.2) is 0 Å². The molecule has 0 radical (unpaired) electrons. The van der Waals surface area contributed by atoms with Crippen molar-refractivity contribution in [3.63, 3.8) is 0 Å². The number of likely N-dealkylation sites (tertiary alicyclic amines) is 1. The minimum atomic E-state index is -0.164. The lowest BCUT2D eigenvalue weighted by Gasteiger charge is -2.39. The Labute approximate surface area is 171 Å². The van der Waals surface area contributed by atoms with E-state index in [0.717, 1.165) is 50.8 Å². The molecule has 4 atom stereocenters. The van der Waals surface area contributed by atoms with Crippen molar-refractivity contribution in [2.24, 2.45) is 5.92 Å². The van der Waals surface area contributed by atoms with Crippen LogP contribution >= 0.6 is 0 Å². The van der Waals surface area contributed by atoms with Crippen LogP contribution in [0, 0.1) is 5.92 Å². The molecule has 4 heterocycles. The third-order valence-electron chi connectivity index (χ3n) is 7.31. The maximum atomic E-state index is 12.9. The second-order valence-electron chi connectivity index (χ2n) is 9.70. The molecule has 2 amide bonds. The average molecular weight is 401 g/mol. The Balaban J connectivity index is 1.11. The number of carbonyl (C=O) groups is 2. The number of rotatable bonds is 5. The van der Waals surface area contributed by atoms with Gasteiger partial charge in [-0.1, -0.05) is 5.16 Å². The first-order chi connectivity index (χ1) is 14.0. The highest BCUT2D eigenvalue weighted by molar-refractivity contribution is 5.92. The van der Waals surface area contributed by atoms with Gasteiger partial charge >= 0.3 is 0 Å². The number of hydrogen-bond acceptors (Lipinski definition) is 5. The van der Waals surface area contributed by atoms with Crippen LogP contribution in [0.25, 0.3) is 0 Å². The summed E-state index contributed by atoms with van der Waals surface area (Å²) in [4.78, 5) is 27.5. The van der Waals surface area contributed by atoms with Gasteiger partial charge in [-0.15, -0.1) is 0 Å². The highest BCUT2D eigenvalue weighted by Crippen LogP contribution is 2.40. The first-order valence-electron chi connectivity index (χ1n) is 11.4. The highest BCUT2D eigenvalue weighted by atomic mass is 16.5. The average Bonchev–Trinajstić information content (AvgIpc) is 3.32. The number of carbonyl (C=O) groups excluding carboxylic acids is 2. The van der Waals surface area contributed by atoms with E-state index in [1.54, 1.807) is 6.07 Å². The number of aromatic nitrogens is 1. The molecule has 4 aliphatic rings. The SMILES string of the molecule is C[C@H]1CC(NC(=O)c2cc(C3CC3)on2)CCN1C(=O)CC1CC2CCC(C1)N2. The van der Waals surface area contributed by atoms with Crippen molar-refractivity contribution >= 4 is 11.8 Å². The number of nitrogens with zero attached hydrogens (tertiary/aromatic N) is 2. The van der Waals surface area contributed by atoms with Gasteiger partial charge in [0.1, 0.15) is 5.76 Å². The molecule has 29 heavy (non-hydrogen) atoms. The van der Waals surface area contributed by atoms with Crippen LogP contribution in [0.15, 0.2) is 10.6 Å². The van der Waals surface area contributed by atoms with Gasteiger partial charge in [0.05, 0.1) is 0 Å². The fraction of sp³-hybridized carbons (Fsp3) is 0.773. The van der Waals surface area contributed by atoms with Crippen LogP contribution in [0.5, 0.6) is 0 Å².